The normalized spacial score (nSPS) is 17.5. The van der Waals surface area contributed by atoms with Crippen LogP contribution in [-0.2, 0) is 15.5 Å². The van der Waals surface area contributed by atoms with Gasteiger partial charge in [0.15, 0.2) is 0 Å². The van der Waals surface area contributed by atoms with Crippen molar-refractivity contribution in [3.05, 3.63) is 12.4 Å². The predicted molar refractivity (Wildman–Crippen MR) is 59.1 cm³/mol. The van der Waals surface area contributed by atoms with Crippen molar-refractivity contribution in [2.45, 2.75) is 19.8 Å². The molecule has 0 aliphatic carbocycles. The Kier molecular flexibility index (Phi) is 5.67. The van der Waals surface area contributed by atoms with E-state index in [2.05, 4.69) is 33.3 Å². The summed E-state index contributed by atoms with van der Waals surface area (Å²) in [7, 11) is 0. The highest BCUT2D eigenvalue weighted by atomic mass is 32.2. The number of nitrogens with zero attached hydrogens (tertiary/aromatic N) is 2. The van der Waals surface area contributed by atoms with Gasteiger partial charge >= 0.3 is 11.4 Å². The van der Waals surface area contributed by atoms with Gasteiger partial charge in [-0.2, -0.15) is 4.21 Å². The Morgan fingerprint density at radius 3 is 2.73 bits per heavy atom. The maximum absolute atomic E-state index is 10.2. The van der Waals surface area contributed by atoms with Crippen molar-refractivity contribution in [2.24, 2.45) is 0 Å². The van der Waals surface area contributed by atoms with E-state index in [1.807, 2.05) is 0 Å². The zero-order valence-corrected chi connectivity index (χ0v) is 9.78. The van der Waals surface area contributed by atoms with Gasteiger partial charge in [-0.25, -0.2) is 0 Å². The first-order valence-corrected chi connectivity index (χ1v) is 6.16. The van der Waals surface area contributed by atoms with Crippen molar-refractivity contribution >= 4 is 11.4 Å². The minimum absolute atomic E-state index is 0.345. The van der Waals surface area contributed by atoms with Crippen LogP contribution < -0.4 is 0 Å². The molecule has 1 atom stereocenters. The third-order valence-corrected chi connectivity index (χ3v) is 2.65. The molecule has 5 nitrogen and oxygen atoms in total. The van der Waals surface area contributed by atoms with Crippen LogP contribution in [0.15, 0.2) is 12.4 Å². The summed E-state index contributed by atoms with van der Waals surface area (Å²) in [6.07, 6.45) is 5.94. The maximum Gasteiger partial charge on any atom is 0.301 e. The second-order valence-corrected chi connectivity index (χ2v) is 4.07. The molecule has 6 heteroatoms. The van der Waals surface area contributed by atoms with E-state index in [1.165, 1.54) is 0 Å². The van der Waals surface area contributed by atoms with Crippen molar-refractivity contribution in [3.63, 3.8) is 0 Å². The lowest BCUT2D eigenvalue weighted by molar-refractivity contribution is 0.254. The first-order valence-electron chi connectivity index (χ1n) is 5.13. The largest absolute Gasteiger partial charge is 0.359 e. The molecule has 0 spiro atoms. The van der Waals surface area contributed by atoms with Crippen LogP contribution in [0.5, 0.6) is 0 Å². The summed E-state index contributed by atoms with van der Waals surface area (Å²) in [6, 6.07) is 0. The number of rotatable bonds is 7. The summed E-state index contributed by atoms with van der Waals surface area (Å²) in [5.74, 6) is 0. The second-order valence-electron chi connectivity index (χ2n) is 3.40. The fourth-order valence-electron chi connectivity index (χ4n) is 1.41. The topological polar surface area (TPSA) is 53.0 Å². The summed E-state index contributed by atoms with van der Waals surface area (Å²) >= 11 is -2.11. The Morgan fingerprint density at radius 1 is 1.40 bits per heavy atom. The molecule has 0 aromatic rings. The molecular formula is C9H18N2O3S. The van der Waals surface area contributed by atoms with E-state index in [9.17, 15) is 4.21 Å². The summed E-state index contributed by atoms with van der Waals surface area (Å²) in [6.45, 7) is 5.41. The van der Waals surface area contributed by atoms with Crippen molar-refractivity contribution in [2.75, 3.05) is 26.4 Å². The molecule has 15 heavy (non-hydrogen) atoms. The third-order valence-electron chi connectivity index (χ3n) is 2.28. The molecule has 1 unspecified atom stereocenters. The highest BCUT2D eigenvalue weighted by Crippen LogP contribution is 2.07. The molecule has 0 saturated carbocycles. The summed E-state index contributed by atoms with van der Waals surface area (Å²) in [4.78, 5) is 4.44. The van der Waals surface area contributed by atoms with Gasteiger partial charge < -0.3 is 9.80 Å². The van der Waals surface area contributed by atoms with Gasteiger partial charge in [-0.05, 0) is 19.8 Å². The number of hydrogen-bond acceptors (Lipinski definition) is 4. The van der Waals surface area contributed by atoms with Crippen LogP contribution in [0.4, 0.5) is 0 Å². The summed E-state index contributed by atoms with van der Waals surface area (Å²) < 4.78 is 23.0. The van der Waals surface area contributed by atoms with E-state index in [-0.39, 0.29) is 0 Å². The fourth-order valence-corrected chi connectivity index (χ4v) is 1.67. The van der Waals surface area contributed by atoms with Crippen molar-refractivity contribution < 1.29 is 12.9 Å². The van der Waals surface area contributed by atoms with E-state index in [4.69, 9.17) is 4.55 Å². The molecule has 1 heterocycles. The maximum atomic E-state index is 10.2. The monoisotopic (exact) mass is 234 g/mol. The molecule has 0 saturated heterocycles. The average molecular weight is 234 g/mol. The lowest BCUT2D eigenvalue weighted by atomic mass is 10.3. The van der Waals surface area contributed by atoms with Crippen molar-refractivity contribution in [1.82, 2.24) is 9.80 Å². The quantitative estimate of drug-likeness (QED) is 0.526. The molecule has 0 radical (unpaired) electrons. The standard InChI is InChI=1S/C9H18N2O3S/c1-2-10-6-7-11(9-10)5-3-4-8-14-15(12)13/h6-7H,2-5,8-9H2,1H3,(H,12,13). The van der Waals surface area contributed by atoms with Crippen LogP contribution >= 0.6 is 0 Å². The van der Waals surface area contributed by atoms with Gasteiger partial charge in [0.2, 0.25) is 0 Å². The molecule has 0 fully saturated rings. The molecule has 1 rings (SSSR count). The van der Waals surface area contributed by atoms with Gasteiger partial charge in [-0.1, -0.05) is 0 Å². The van der Waals surface area contributed by atoms with Gasteiger partial charge in [-0.3, -0.25) is 8.74 Å². The van der Waals surface area contributed by atoms with Gasteiger partial charge in [0, 0.05) is 25.5 Å². The van der Waals surface area contributed by atoms with Crippen LogP contribution in [-0.4, -0.2) is 44.9 Å². The van der Waals surface area contributed by atoms with E-state index < -0.39 is 11.4 Å². The Morgan fingerprint density at radius 2 is 2.13 bits per heavy atom. The van der Waals surface area contributed by atoms with Crippen LogP contribution in [0.1, 0.15) is 19.8 Å². The van der Waals surface area contributed by atoms with Crippen molar-refractivity contribution in [3.8, 4) is 0 Å². The Labute approximate surface area is 93.2 Å². The van der Waals surface area contributed by atoms with Gasteiger partial charge in [0.1, 0.15) is 0 Å². The lowest BCUT2D eigenvalue weighted by Crippen LogP contribution is -2.25. The molecule has 0 bridgehead atoms. The van der Waals surface area contributed by atoms with Crippen LogP contribution in [0, 0.1) is 0 Å². The molecule has 0 aromatic carbocycles. The van der Waals surface area contributed by atoms with E-state index in [0.717, 1.165) is 32.6 Å². The third kappa shape index (κ3) is 5.15. The highest BCUT2D eigenvalue weighted by Gasteiger charge is 2.09. The molecular weight excluding hydrogens is 216 g/mol. The first-order chi connectivity index (χ1) is 7.22. The molecule has 1 N–H and O–H groups in total. The molecule has 1 aliphatic heterocycles. The van der Waals surface area contributed by atoms with Gasteiger partial charge in [-0.15, -0.1) is 0 Å². The van der Waals surface area contributed by atoms with E-state index in [1.54, 1.807) is 0 Å². The number of hydrogen-bond donors (Lipinski definition) is 1. The van der Waals surface area contributed by atoms with Crippen LogP contribution in [0.25, 0.3) is 0 Å². The zero-order valence-electron chi connectivity index (χ0n) is 8.96. The lowest BCUT2D eigenvalue weighted by Gasteiger charge is -2.19. The predicted octanol–water partition coefficient (Wildman–Crippen LogP) is 0.986. The van der Waals surface area contributed by atoms with E-state index in [0.29, 0.717) is 6.61 Å². The van der Waals surface area contributed by atoms with Crippen LogP contribution in [0.2, 0.25) is 0 Å². The molecule has 0 amide bonds. The fraction of sp³-hybridized carbons (Fsp3) is 0.778. The Hall–Kier alpha value is -0.590. The molecule has 0 aromatic heterocycles. The molecule has 1 aliphatic rings. The molecule has 88 valence electrons. The Balaban J connectivity index is 1.97. The second kappa shape index (κ2) is 6.81. The highest BCUT2D eigenvalue weighted by molar-refractivity contribution is 7.74. The minimum Gasteiger partial charge on any atom is -0.359 e. The van der Waals surface area contributed by atoms with Crippen LogP contribution in [0.3, 0.4) is 0 Å². The summed E-state index contributed by atoms with van der Waals surface area (Å²) in [5.41, 5.74) is 0. The smallest absolute Gasteiger partial charge is 0.301 e. The Bertz CT molecular complexity index is 235. The van der Waals surface area contributed by atoms with E-state index >= 15 is 0 Å². The first kappa shape index (κ1) is 12.5. The average Bonchev–Trinajstić information content (AvgIpc) is 2.65. The summed E-state index contributed by atoms with van der Waals surface area (Å²) in [5, 5.41) is 0. The van der Waals surface area contributed by atoms with Crippen molar-refractivity contribution in [1.29, 1.82) is 0 Å². The van der Waals surface area contributed by atoms with Gasteiger partial charge in [0.25, 0.3) is 0 Å². The SMILES string of the molecule is CCN1C=CN(CCCCOS(=O)O)C1. The number of unbranched alkanes of at least 4 members (excludes halogenated alkanes) is 1. The van der Waals surface area contributed by atoms with Gasteiger partial charge in [0.05, 0.1) is 13.3 Å². The minimum atomic E-state index is -2.11. The zero-order chi connectivity index (χ0) is 11.1.